The average Bonchev–Trinajstić information content (AvgIpc) is 2.62. The molecule has 2 rings (SSSR count). The number of ether oxygens (including phenoxy) is 3. The Morgan fingerprint density at radius 3 is 2.08 bits per heavy atom. The van der Waals surface area contributed by atoms with Crippen molar-refractivity contribution in [1.29, 1.82) is 0 Å². The first kappa shape index (κ1) is 18.5. The SMILES string of the molecule is COc1ccc(C(=O)O[C@@H](C)C(=O)c2ccc(C)c(C)c2)cc1OC. The molecule has 0 spiro atoms. The van der Waals surface area contributed by atoms with Gasteiger partial charge in [-0.15, -0.1) is 0 Å². The lowest BCUT2D eigenvalue weighted by molar-refractivity contribution is 0.0318. The Kier molecular flexibility index (Phi) is 5.80. The normalized spacial score (nSPS) is 11.6. The standard InChI is InChI=1S/C20H22O5/c1-12-6-7-15(10-13(12)2)19(21)14(3)25-20(22)16-8-9-17(23-4)18(11-16)24-5/h6-11,14H,1-5H3/t14-/m0/s1. The molecular formula is C20H22O5. The molecule has 0 bridgehead atoms. The topological polar surface area (TPSA) is 61.8 Å². The fraction of sp³-hybridized carbons (Fsp3) is 0.300. The number of rotatable bonds is 6. The molecule has 2 aromatic rings. The van der Waals surface area contributed by atoms with Gasteiger partial charge in [-0.3, -0.25) is 4.79 Å². The molecule has 0 heterocycles. The van der Waals surface area contributed by atoms with E-state index >= 15 is 0 Å². The van der Waals surface area contributed by atoms with E-state index in [0.717, 1.165) is 11.1 Å². The molecule has 0 radical (unpaired) electrons. The number of esters is 1. The summed E-state index contributed by atoms with van der Waals surface area (Å²) in [5.74, 6) is 0.103. The van der Waals surface area contributed by atoms with Crippen LogP contribution in [0.3, 0.4) is 0 Å². The fourth-order valence-corrected chi connectivity index (χ4v) is 2.37. The molecule has 0 saturated carbocycles. The van der Waals surface area contributed by atoms with Crippen molar-refractivity contribution in [2.45, 2.75) is 26.9 Å². The Balaban J connectivity index is 2.13. The van der Waals surface area contributed by atoms with Gasteiger partial charge in [0.05, 0.1) is 19.8 Å². The molecule has 0 unspecified atom stereocenters. The molecule has 0 aliphatic rings. The minimum atomic E-state index is -0.886. The van der Waals surface area contributed by atoms with Crippen LogP contribution >= 0.6 is 0 Å². The smallest absolute Gasteiger partial charge is 0.338 e. The summed E-state index contributed by atoms with van der Waals surface area (Å²) >= 11 is 0. The highest BCUT2D eigenvalue weighted by molar-refractivity contribution is 6.01. The van der Waals surface area contributed by atoms with Crippen molar-refractivity contribution in [3.05, 3.63) is 58.7 Å². The number of aryl methyl sites for hydroxylation is 2. The molecule has 0 N–H and O–H groups in total. The lowest BCUT2D eigenvalue weighted by atomic mass is 10.0. The zero-order valence-electron chi connectivity index (χ0n) is 15.1. The second-order valence-corrected chi connectivity index (χ2v) is 5.78. The maximum atomic E-state index is 12.5. The van der Waals surface area contributed by atoms with E-state index in [1.807, 2.05) is 19.9 Å². The van der Waals surface area contributed by atoms with Gasteiger partial charge in [-0.25, -0.2) is 4.79 Å². The minimum Gasteiger partial charge on any atom is -0.493 e. The summed E-state index contributed by atoms with van der Waals surface area (Å²) in [5.41, 5.74) is 2.93. The third-order valence-corrected chi connectivity index (χ3v) is 4.06. The number of methoxy groups -OCH3 is 2. The van der Waals surface area contributed by atoms with Crippen LogP contribution in [0.1, 0.15) is 38.8 Å². The first-order valence-electron chi connectivity index (χ1n) is 7.91. The van der Waals surface area contributed by atoms with E-state index in [1.165, 1.54) is 20.3 Å². The maximum Gasteiger partial charge on any atom is 0.338 e. The molecule has 25 heavy (non-hydrogen) atoms. The predicted octanol–water partition coefficient (Wildman–Crippen LogP) is 3.75. The molecule has 1 atom stereocenters. The van der Waals surface area contributed by atoms with Crippen molar-refractivity contribution in [1.82, 2.24) is 0 Å². The molecule has 2 aromatic carbocycles. The number of carbonyl (C=O) groups excluding carboxylic acids is 2. The van der Waals surface area contributed by atoms with E-state index in [0.29, 0.717) is 17.1 Å². The van der Waals surface area contributed by atoms with Crippen LogP contribution in [-0.4, -0.2) is 32.1 Å². The predicted molar refractivity (Wildman–Crippen MR) is 94.7 cm³/mol. The van der Waals surface area contributed by atoms with Gasteiger partial charge in [-0.2, -0.15) is 0 Å². The Labute approximate surface area is 147 Å². The van der Waals surface area contributed by atoms with Crippen LogP contribution in [0.4, 0.5) is 0 Å². The molecule has 0 aromatic heterocycles. The van der Waals surface area contributed by atoms with Crippen molar-refractivity contribution in [3.8, 4) is 11.5 Å². The maximum absolute atomic E-state index is 12.5. The van der Waals surface area contributed by atoms with Gasteiger partial charge in [0.2, 0.25) is 5.78 Å². The van der Waals surface area contributed by atoms with Crippen molar-refractivity contribution in [2.75, 3.05) is 14.2 Å². The Morgan fingerprint density at radius 2 is 1.48 bits per heavy atom. The van der Waals surface area contributed by atoms with Crippen molar-refractivity contribution < 1.29 is 23.8 Å². The second kappa shape index (κ2) is 7.83. The van der Waals surface area contributed by atoms with Crippen molar-refractivity contribution in [2.24, 2.45) is 0 Å². The number of carbonyl (C=O) groups is 2. The monoisotopic (exact) mass is 342 g/mol. The zero-order valence-corrected chi connectivity index (χ0v) is 15.1. The number of Topliss-reactive ketones (excluding diaryl/α,β-unsaturated/α-hetero) is 1. The van der Waals surface area contributed by atoms with Crippen LogP contribution in [0.15, 0.2) is 36.4 Å². The third kappa shape index (κ3) is 4.18. The van der Waals surface area contributed by atoms with E-state index in [1.54, 1.807) is 31.2 Å². The van der Waals surface area contributed by atoms with Crippen LogP contribution in [0.25, 0.3) is 0 Å². The van der Waals surface area contributed by atoms with Gasteiger partial charge in [0.25, 0.3) is 0 Å². The summed E-state index contributed by atoms with van der Waals surface area (Å²) in [7, 11) is 3.00. The van der Waals surface area contributed by atoms with Gasteiger partial charge in [0.1, 0.15) is 0 Å². The Morgan fingerprint density at radius 1 is 0.840 bits per heavy atom. The highest BCUT2D eigenvalue weighted by atomic mass is 16.5. The van der Waals surface area contributed by atoms with E-state index in [-0.39, 0.29) is 11.3 Å². The quantitative estimate of drug-likeness (QED) is 0.591. The summed E-state index contributed by atoms with van der Waals surface area (Å²) in [6, 6.07) is 10.1. The van der Waals surface area contributed by atoms with Gasteiger partial charge < -0.3 is 14.2 Å². The largest absolute Gasteiger partial charge is 0.493 e. The minimum absolute atomic E-state index is 0.239. The molecule has 0 saturated heterocycles. The average molecular weight is 342 g/mol. The molecular weight excluding hydrogens is 320 g/mol. The van der Waals surface area contributed by atoms with Gasteiger partial charge in [-0.1, -0.05) is 12.1 Å². The van der Waals surface area contributed by atoms with E-state index < -0.39 is 12.1 Å². The highest BCUT2D eigenvalue weighted by Crippen LogP contribution is 2.28. The molecule has 0 aliphatic carbocycles. The lowest BCUT2D eigenvalue weighted by Gasteiger charge is -2.14. The van der Waals surface area contributed by atoms with Gasteiger partial charge >= 0.3 is 5.97 Å². The van der Waals surface area contributed by atoms with Crippen LogP contribution < -0.4 is 9.47 Å². The van der Waals surface area contributed by atoms with Crippen LogP contribution in [-0.2, 0) is 4.74 Å². The molecule has 132 valence electrons. The van der Waals surface area contributed by atoms with Gasteiger partial charge in [-0.05, 0) is 56.2 Å². The van der Waals surface area contributed by atoms with Crippen molar-refractivity contribution in [3.63, 3.8) is 0 Å². The van der Waals surface area contributed by atoms with Crippen LogP contribution in [0.5, 0.6) is 11.5 Å². The molecule has 5 nitrogen and oxygen atoms in total. The summed E-state index contributed by atoms with van der Waals surface area (Å²) in [5, 5.41) is 0. The third-order valence-electron chi connectivity index (χ3n) is 4.06. The fourth-order valence-electron chi connectivity index (χ4n) is 2.37. The Bertz CT molecular complexity index is 795. The van der Waals surface area contributed by atoms with Gasteiger partial charge in [0, 0.05) is 5.56 Å². The van der Waals surface area contributed by atoms with Gasteiger partial charge in [0.15, 0.2) is 17.6 Å². The van der Waals surface area contributed by atoms with E-state index in [2.05, 4.69) is 0 Å². The number of hydrogen-bond acceptors (Lipinski definition) is 5. The van der Waals surface area contributed by atoms with E-state index in [4.69, 9.17) is 14.2 Å². The highest BCUT2D eigenvalue weighted by Gasteiger charge is 2.21. The van der Waals surface area contributed by atoms with Crippen LogP contribution in [0, 0.1) is 13.8 Å². The lowest BCUT2D eigenvalue weighted by Crippen LogP contribution is -2.24. The summed E-state index contributed by atoms with van der Waals surface area (Å²) in [4.78, 5) is 24.8. The number of hydrogen-bond donors (Lipinski definition) is 0. The Hall–Kier alpha value is -2.82. The van der Waals surface area contributed by atoms with Crippen molar-refractivity contribution >= 4 is 11.8 Å². The van der Waals surface area contributed by atoms with E-state index in [9.17, 15) is 9.59 Å². The molecule has 5 heteroatoms. The number of benzene rings is 2. The summed E-state index contributed by atoms with van der Waals surface area (Å²) in [6.07, 6.45) is -0.886. The zero-order chi connectivity index (χ0) is 18.6. The first-order chi connectivity index (χ1) is 11.9. The molecule has 0 fully saturated rings. The summed E-state index contributed by atoms with van der Waals surface area (Å²) < 4.78 is 15.6. The number of ketones is 1. The molecule has 0 amide bonds. The molecule has 0 aliphatic heterocycles. The van der Waals surface area contributed by atoms with Crippen LogP contribution in [0.2, 0.25) is 0 Å². The first-order valence-corrected chi connectivity index (χ1v) is 7.91. The second-order valence-electron chi connectivity index (χ2n) is 5.78. The summed E-state index contributed by atoms with van der Waals surface area (Å²) in [6.45, 7) is 5.48.